The van der Waals surface area contributed by atoms with Crippen LogP contribution in [0.2, 0.25) is 20.4 Å². The summed E-state index contributed by atoms with van der Waals surface area (Å²) in [4.78, 5) is 39.5. The number of rotatable bonds is 13. The molecule has 2 aromatic rings. The van der Waals surface area contributed by atoms with Crippen molar-refractivity contribution in [3.63, 3.8) is 0 Å². The number of carbonyl (C=O) groups excluding carboxylic acids is 3. The van der Waals surface area contributed by atoms with Gasteiger partial charge in [-0.15, -0.1) is 11.7 Å². The predicted molar refractivity (Wildman–Crippen MR) is 156 cm³/mol. The van der Waals surface area contributed by atoms with Gasteiger partial charge in [0.15, 0.2) is 13.2 Å². The summed E-state index contributed by atoms with van der Waals surface area (Å²) in [6, 6.07) is 2.36. The minimum absolute atomic E-state index is 0.0614. The molecule has 0 N–H and O–H groups in total. The zero-order valence-corrected chi connectivity index (χ0v) is 27.4. The number of methoxy groups -OCH3 is 2. The largest absolute Gasteiger partial charge is 0.459 e. The molecule has 0 spiro atoms. The van der Waals surface area contributed by atoms with Gasteiger partial charge in [0.25, 0.3) is 11.4 Å². The van der Waals surface area contributed by atoms with E-state index in [4.69, 9.17) is 46.4 Å². The lowest BCUT2D eigenvalue weighted by Crippen LogP contribution is -2.28. The molecular formula is C24H28Cl4F5N3O7S. The highest BCUT2D eigenvalue weighted by Gasteiger charge is 2.34. The Hall–Kier alpha value is -2.05. The Bertz CT molecular complexity index is 1230. The molecule has 44 heavy (non-hydrogen) atoms. The summed E-state index contributed by atoms with van der Waals surface area (Å²) in [5.74, 6) is -5.02. The number of nitrogens with zero attached hydrogens (tertiary/aromatic N) is 3. The minimum Gasteiger partial charge on any atom is -0.459 e. The second kappa shape index (κ2) is 20.9. The lowest BCUT2D eigenvalue weighted by molar-refractivity contribution is -0.153. The van der Waals surface area contributed by atoms with E-state index in [1.54, 1.807) is 0 Å². The Labute approximate surface area is 272 Å². The fourth-order valence-electron chi connectivity index (χ4n) is 2.43. The average Bonchev–Trinajstić information content (AvgIpc) is 2.93. The van der Waals surface area contributed by atoms with Crippen LogP contribution in [0.5, 0.6) is 0 Å². The van der Waals surface area contributed by atoms with Gasteiger partial charge in [-0.1, -0.05) is 46.4 Å². The predicted octanol–water partition coefficient (Wildman–Crippen LogP) is 7.13. The molecule has 0 saturated heterocycles. The van der Waals surface area contributed by atoms with Crippen LogP contribution < -0.4 is 0 Å². The molecule has 20 heteroatoms. The third-order valence-electron chi connectivity index (χ3n) is 4.58. The molecule has 2 heterocycles. The molecule has 250 valence electrons. The van der Waals surface area contributed by atoms with E-state index in [0.29, 0.717) is 4.31 Å². The Morgan fingerprint density at radius 3 is 1.73 bits per heavy atom. The first-order chi connectivity index (χ1) is 20.3. The van der Waals surface area contributed by atoms with Gasteiger partial charge < -0.3 is 18.9 Å². The van der Waals surface area contributed by atoms with Gasteiger partial charge in [-0.05, 0) is 12.1 Å². The molecule has 0 aromatic carbocycles. The van der Waals surface area contributed by atoms with Crippen LogP contribution in [0.25, 0.3) is 0 Å². The average molecular weight is 739 g/mol. The highest BCUT2D eigenvalue weighted by atomic mass is 35.5. The van der Waals surface area contributed by atoms with Crippen molar-refractivity contribution in [3.8, 4) is 0 Å². The van der Waals surface area contributed by atoms with Crippen LogP contribution in [0, 0.1) is 0 Å². The first-order valence-corrected chi connectivity index (χ1v) is 14.6. The van der Waals surface area contributed by atoms with E-state index in [1.165, 1.54) is 33.4 Å². The van der Waals surface area contributed by atoms with Crippen molar-refractivity contribution >= 4 is 75.5 Å². The van der Waals surface area contributed by atoms with Crippen LogP contribution in [0.4, 0.5) is 20.4 Å². The summed E-state index contributed by atoms with van der Waals surface area (Å²) >= 11 is 17.1. The van der Waals surface area contributed by atoms with Crippen molar-refractivity contribution in [2.75, 3.05) is 53.7 Å². The first-order valence-electron chi connectivity index (χ1n) is 11.8. The van der Waals surface area contributed by atoms with Crippen LogP contribution in [0.3, 0.4) is 0 Å². The third-order valence-corrected chi connectivity index (χ3v) is 6.91. The number of alkyl halides is 2. The van der Waals surface area contributed by atoms with Gasteiger partial charge in [-0.2, -0.15) is 13.1 Å². The van der Waals surface area contributed by atoms with Gasteiger partial charge in [0, 0.05) is 64.7 Å². The lowest BCUT2D eigenvalue weighted by Gasteiger charge is -2.26. The summed E-state index contributed by atoms with van der Waals surface area (Å²) in [7, 11) is 2.75. The number of ether oxygens (including phenoxy) is 4. The minimum atomic E-state index is -5.14. The molecule has 0 saturated carbocycles. The number of halogens is 9. The molecule has 0 amide bonds. The summed E-state index contributed by atoms with van der Waals surface area (Å²) < 4.78 is 82.0. The van der Waals surface area contributed by atoms with E-state index in [9.17, 15) is 34.8 Å². The van der Waals surface area contributed by atoms with E-state index >= 15 is 0 Å². The summed E-state index contributed by atoms with van der Waals surface area (Å²) in [5.41, 5.74) is -0.200. The van der Waals surface area contributed by atoms with Crippen LogP contribution >= 0.6 is 57.8 Å². The number of ketones is 1. The topological polar surface area (TPSA) is 117 Å². The highest BCUT2D eigenvalue weighted by Crippen LogP contribution is 2.56. The second-order valence-electron chi connectivity index (χ2n) is 7.98. The maximum absolute atomic E-state index is 13.4. The normalized spacial score (nSPS) is 11.5. The number of pyridine rings is 2. The monoisotopic (exact) mass is 737 g/mol. The van der Waals surface area contributed by atoms with Crippen molar-refractivity contribution < 1.29 is 53.8 Å². The van der Waals surface area contributed by atoms with Crippen LogP contribution in [-0.2, 0) is 34.5 Å². The molecule has 2 rings (SSSR count). The zero-order chi connectivity index (χ0) is 34.1. The van der Waals surface area contributed by atoms with Crippen LogP contribution in [0.15, 0.2) is 24.5 Å². The van der Waals surface area contributed by atoms with E-state index in [2.05, 4.69) is 28.9 Å². The molecule has 0 bridgehead atoms. The van der Waals surface area contributed by atoms with Crippen molar-refractivity contribution in [2.45, 2.75) is 19.8 Å². The first kappa shape index (κ1) is 42.0. The Morgan fingerprint density at radius 2 is 1.32 bits per heavy atom. The molecule has 2 aromatic heterocycles. The van der Waals surface area contributed by atoms with E-state index in [1.807, 2.05) is 0 Å². The maximum Gasteiger partial charge on any atom is 0.308 e. The van der Waals surface area contributed by atoms with Crippen LogP contribution in [-0.4, -0.2) is 85.7 Å². The van der Waals surface area contributed by atoms with Crippen molar-refractivity contribution in [3.05, 3.63) is 56.0 Å². The maximum atomic E-state index is 13.4. The van der Waals surface area contributed by atoms with Gasteiger partial charge in [-0.3, -0.25) is 14.4 Å². The molecule has 0 aliphatic rings. The molecule has 0 aliphatic carbocycles. The summed E-state index contributed by atoms with van der Waals surface area (Å²) in [6.45, 7) is 0.796. The van der Waals surface area contributed by atoms with Crippen molar-refractivity contribution in [1.29, 1.82) is 0 Å². The number of aromatic nitrogens is 2. The van der Waals surface area contributed by atoms with E-state index in [-0.39, 0.29) is 64.6 Å². The number of carbonyl (C=O) groups is 3. The number of esters is 2. The molecule has 0 fully saturated rings. The Balaban J connectivity index is 0.000000635. The Kier molecular flexibility index (Phi) is 19.9. The van der Waals surface area contributed by atoms with Gasteiger partial charge in [0.2, 0.25) is 5.78 Å². The van der Waals surface area contributed by atoms with E-state index < -0.39 is 41.4 Å². The summed E-state index contributed by atoms with van der Waals surface area (Å²) in [5, 5.41) is 0.168. The lowest BCUT2D eigenvalue weighted by atomic mass is 10.1. The van der Waals surface area contributed by atoms with Gasteiger partial charge in [-0.25, -0.2) is 9.97 Å². The zero-order valence-electron chi connectivity index (χ0n) is 23.6. The number of hydrogen-bond acceptors (Lipinski definition) is 10. The van der Waals surface area contributed by atoms with Crippen LogP contribution in [0.1, 0.15) is 29.8 Å². The molecule has 0 atom stereocenters. The number of Topliss-reactive ketones (excluding diaryl/α,β-unsaturated/α-hetero) is 1. The molecular weight excluding hydrogens is 711 g/mol. The fourth-order valence-corrected chi connectivity index (χ4v) is 3.53. The smallest absolute Gasteiger partial charge is 0.308 e. The summed E-state index contributed by atoms with van der Waals surface area (Å²) in [6.07, 6.45) is 2.16. The van der Waals surface area contributed by atoms with Crippen molar-refractivity contribution in [2.24, 2.45) is 0 Å². The molecule has 0 radical (unpaired) electrons. The Morgan fingerprint density at radius 1 is 0.841 bits per heavy atom. The molecule has 0 unspecified atom stereocenters. The molecule has 0 aliphatic heterocycles. The third kappa shape index (κ3) is 17.4. The standard InChI is InChI=1S/C9H7Cl2F2NO2.C9H7Cl2NO3.C6H14F3NO2S/c1-5(15)16-4-9(12,13)6-2-7(10)8(11)14-3-6;1-5(13)15-4-8(14)6-2-7(10)9(11)12-3-6;1-11-5-3-10(4-6-12-2)13(7,8)9/h2-3H,4H2,1H3;2-3H,4H2,1H3;3-6H2,1-2H3. The number of hydrogen-bond donors (Lipinski definition) is 0. The quantitative estimate of drug-likeness (QED) is 0.0909. The van der Waals surface area contributed by atoms with Crippen molar-refractivity contribution in [1.82, 2.24) is 14.3 Å². The van der Waals surface area contributed by atoms with E-state index in [0.717, 1.165) is 19.2 Å². The highest BCUT2D eigenvalue weighted by molar-refractivity contribution is 8.18. The molecule has 10 nitrogen and oxygen atoms in total. The fraction of sp³-hybridized carbons (Fsp3) is 0.458. The van der Waals surface area contributed by atoms with Gasteiger partial charge >= 0.3 is 17.9 Å². The van der Waals surface area contributed by atoms with Gasteiger partial charge in [0.05, 0.1) is 23.3 Å². The van der Waals surface area contributed by atoms with Gasteiger partial charge in [0.1, 0.15) is 10.3 Å². The SMILES string of the molecule is CC(=O)OCC(=O)c1cnc(Cl)c(Cl)c1.CC(=O)OCC(F)(F)c1cnc(Cl)c(Cl)c1.COCCN(CCOC)S(F)(F)F. The second-order valence-corrected chi connectivity index (χ2v) is 10.8.